The molecule has 3 rings (SSSR count). The van der Waals surface area contributed by atoms with Crippen LogP contribution >= 0.6 is 11.6 Å². The molecule has 1 aromatic carbocycles. The van der Waals surface area contributed by atoms with Crippen LogP contribution in [0.25, 0.3) is 0 Å². The molecular formula is C17H16ClN3O2. The number of carbonyl (C=O) groups is 2. The molecule has 0 aliphatic carbocycles. The van der Waals surface area contributed by atoms with Gasteiger partial charge in [-0.05, 0) is 24.3 Å². The van der Waals surface area contributed by atoms with Gasteiger partial charge in [0.25, 0.3) is 11.8 Å². The van der Waals surface area contributed by atoms with E-state index in [1.54, 1.807) is 58.6 Å². The van der Waals surface area contributed by atoms with E-state index < -0.39 is 0 Å². The normalized spacial score (nSPS) is 14.7. The maximum atomic E-state index is 12.5. The number of piperazine rings is 1. The van der Waals surface area contributed by atoms with Gasteiger partial charge in [0, 0.05) is 38.6 Å². The highest BCUT2D eigenvalue weighted by atomic mass is 35.5. The van der Waals surface area contributed by atoms with Crippen molar-refractivity contribution in [1.82, 2.24) is 14.8 Å². The van der Waals surface area contributed by atoms with Gasteiger partial charge in [0.1, 0.15) is 0 Å². The van der Waals surface area contributed by atoms with Gasteiger partial charge in [-0.25, -0.2) is 0 Å². The third kappa shape index (κ3) is 3.35. The molecule has 1 aliphatic rings. The highest BCUT2D eigenvalue weighted by Gasteiger charge is 2.26. The van der Waals surface area contributed by atoms with E-state index in [-0.39, 0.29) is 11.8 Å². The van der Waals surface area contributed by atoms with E-state index >= 15 is 0 Å². The summed E-state index contributed by atoms with van der Waals surface area (Å²) in [6, 6.07) is 10.5. The fourth-order valence-corrected chi connectivity index (χ4v) is 2.81. The number of hydrogen-bond acceptors (Lipinski definition) is 3. The lowest BCUT2D eigenvalue weighted by molar-refractivity contribution is 0.0535. The molecule has 0 unspecified atom stereocenters. The van der Waals surface area contributed by atoms with Gasteiger partial charge >= 0.3 is 0 Å². The minimum absolute atomic E-state index is 0.0528. The Balaban J connectivity index is 1.64. The topological polar surface area (TPSA) is 53.5 Å². The molecule has 2 heterocycles. The Morgan fingerprint density at radius 3 is 2.17 bits per heavy atom. The quantitative estimate of drug-likeness (QED) is 0.849. The van der Waals surface area contributed by atoms with Crippen LogP contribution in [0.3, 0.4) is 0 Å². The maximum absolute atomic E-state index is 12.5. The molecular weight excluding hydrogens is 314 g/mol. The molecule has 1 fully saturated rings. The Morgan fingerprint density at radius 1 is 0.913 bits per heavy atom. The van der Waals surface area contributed by atoms with E-state index in [4.69, 9.17) is 11.6 Å². The first-order valence-corrected chi connectivity index (χ1v) is 7.78. The Bertz CT molecular complexity index is 713. The first-order valence-electron chi connectivity index (χ1n) is 7.40. The molecule has 5 nitrogen and oxygen atoms in total. The number of halogens is 1. The van der Waals surface area contributed by atoms with E-state index in [1.165, 1.54) is 0 Å². The van der Waals surface area contributed by atoms with Crippen LogP contribution in [0.2, 0.25) is 5.02 Å². The number of amides is 2. The van der Waals surface area contributed by atoms with E-state index in [0.717, 1.165) is 0 Å². The molecule has 118 valence electrons. The number of carbonyl (C=O) groups excluding carboxylic acids is 2. The van der Waals surface area contributed by atoms with Crippen molar-refractivity contribution >= 4 is 23.4 Å². The van der Waals surface area contributed by atoms with Gasteiger partial charge in [-0.1, -0.05) is 23.7 Å². The number of aromatic nitrogens is 1. The highest BCUT2D eigenvalue weighted by molar-refractivity contribution is 6.33. The third-order valence-electron chi connectivity index (χ3n) is 3.87. The predicted molar refractivity (Wildman–Crippen MR) is 87.5 cm³/mol. The standard InChI is InChI=1S/C17H16ClN3O2/c18-15-6-2-1-5-14(15)17(23)21-10-8-20(9-11-21)16(22)13-4-3-7-19-12-13/h1-7,12H,8-11H2. The van der Waals surface area contributed by atoms with Crippen molar-refractivity contribution in [3.05, 3.63) is 64.9 Å². The minimum Gasteiger partial charge on any atom is -0.335 e. The molecule has 0 N–H and O–H groups in total. The molecule has 2 amide bonds. The fraction of sp³-hybridized carbons (Fsp3) is 0.235. The van der Waals surface area contributed by atoms with Crippen LogP contribution in [0.1, 0.15) is 20.7 Å². The zero-order chi connectivity index (χ0) is 16.2. The third-order valence-corrected chi connectivity index (χ3v) is 4.20. The summed E-state index contributed by atoms with van der Waals surface area (Å²) >= 11 is 6.08. The van der Waals surface area contributed by atoms with Crippen molar-refractivity contribution in [2.24, 2.45) is 0 Å². The molecule has 1 saturated heterocycles. The summed E-state index contributed by atoms with van der Waals surface area (Å²) in [7, 11) is 0. The Labute approximate surface area is 139 Å². The smallest absolute Gasteiger partial charge is 0.255 e. The Hall–Kier alpha value is -2.40. The molecule has 23 heavy (non-hydrogen) atoms. The monoisotopic (exact) mass is 329 g/mol. The molecule has 0 radical (unpaired) electrons. The zero-order valence-electron chi connectivity index (χ0n) is 12.5. The first-order chi connectivity index (χ1) is 11.2. The summed E-state index contributed by atoms with van der Waals surface area (Å²) in [6.07, 6.45) is 3.20. The first kappa shape index (κ1) is 15.5. The maximum Gasteiger partial charge on any atom is 0.255 e. The molecule has 2 aromatic rings. The number of nitrogens with zero attached hydrogens (tertiary/aromatic N) is 3. The van der Waals surface area contributed by atoms with Gasteiger partial charge in [-0.15, -0.1) is 0 Å². The number of benzene rings is 1. The largest absolute Gasteiger partial charge is 0.335 e. The average molecular weight is 330 g/mol. The van der Waals surface area contributed by atoms with Crippen LogP contribution in [-0.2, 0) is 0 Å². The van der Waals surface area contributed by atoms with Crippen LogP contribution in [-0.4, -0.2) is 52.8 Å². The molecule has 0 bridgehead atoms. The zero-order valence-corrected chi connectivity index (χ0v) is 13.2. The van der Waals surface area contributed by atoms with E-state index in [9.17, 15) is 9.59 Å². The average Bonchev–Trinajstić information content (AvgIpc) is 2.62. The number of hydrogen-bond donors (Lipinski definition) is 0. The summed E-state index contributed by atoms with van der Waals surface area (Å²) in [5, 5.41) is 0.450. The van der Waals surface area contributed by atoms with Crippen molar-refractivity contribution in [3.63, 3.8) is 0 Å². The Kier molecular flexibility index (Phi) is 4.57. The fourth-order valence-electron chi connectivity index (χ4n) is 2.59. The van der Waals surface area contributed by atoms with Crippen molar-refractivity contribution in [1.29, 1.82) is 0 Å². The second kappa shape index (κ2) is 6.79. The highest BCUT2D eigenvalue weighted by Crippen LogP contribution is 2.18. The van der Waals surface area contributed by atoms with E-state index in [0.29, 0.717) is 42.3 Å². The van der Waals surface area contributed by atoms with E-state index in [2.05, 4.69) is 4.98 Å². The molecule has 1 aliphatic heterocycles. The Morgan fingerprint density at radius 2 is 1.57 bits per heavy atom. The van der Waals surface area contributed by atoms with Crippen LogP contribution in [0.5, 0.6) is 0 Å². The lowest BCUT2D eigenvalue weighted by Crippen LogP contribution is -2.50. The van der Waals surface area contributed by atoms with Gasteiger partial charge < -0.3 is 9.80 Å². The summed E-state index contributed by atoms with van der Waals surface area (Å²) in [6.45, 7) is 2.00. The van der Waals surface area contributed by atoms with Crippen molar-refractivity contribution in [2.45, 2.75) is 0 Å². The minimum atomic E-state index is -0.0934. The van der Waals surface area contributed by atoms with Crippen molar-refractivity contribution in [2.75, 3.05) is 26.2 Å². The van der Waals surface area contributed by atoms with Gasteiger partial charge in [-0.3, -0.25) is 14.6 Å². The molecule has 0 saturated carbocycles. The lowest BCUT2D eigenvalue weighted by atomic mass is 10.1. The molecule has 1 aromatic heterocycles. The lowest BCUT2D eigenvalue weighted by Gasteiger charge is -2.35. The molecule has 0 spiro atoms. The predicted octanol–water partition coefficient (Wildman–Crippen LogP) is 2.33. The molecule has 6 heteroatoms. The van der Waals surface area contributed by atoms with Gasteiger partial charge in [0.2, 0.25) is 0 Å². The van der Waals surface area contributed by atoms with E-state index in [1.807, 2.05) is 0 Å². The van der Waals surface area contributed by atoms with Gasteiger partial charge in [-0.2, -0.15) is 0 Å². The van der Waals surface area contributed by atoms with Crippen LogP contribution in [0, 0.1) is 0 Å². The van der Waals surface area contributed by atoms with Gasteiger partial charge in [0.15, 0.2) is 0 Å². The summed E-state index contributed by atoms with van der Waals surface area (Å²) in [5.74, 6) is -0.146. The van der Waals surface area contributed by atoms with Crippen molar-refractivity contribution in [3.8, 4) is 0 Å². The number of rotatable bonds is 2. The van der Waals surface area contributed by atoms with Crippen LogP contribution in [0.15, 0.2) is 48.8 Å². The van der Waals surface area contributed by atoms with Crippen LogP contribution in [0.4, 0.5) is 0 Å². The summed E-state index contributed by atoms with van der Waals surface area (Å²) in [4.78, 5) is 32.3. The second-order valence-corrected chi connectivity index (χ2v) is 5.71. The molecule has 0 atom stereocenters. The van der Waals surface area contributed by atoms with Crippen LogP contribution < -0.4 is 0 Å². The SMILES string of the molecule is O=C(c1cccnc1)N1CCN(C(=O)c2ccccc2Cl)CC1. The summed E-state index contributed by atoms with van der Waals surface area (Å²) < 4.78 is 0. The summed E-state index contributed by atoms with van der Waals surface area (Å²) in [5.41, 5.74) is 1.07. The second-order valence-electron chi connectivity index (χ2n) is 5.31. The van der Waals surface area contributed by atoms with Gasteiger partial charge in [0.05, 0.1) is 16.1 Å². The van der Waals surface area contributed by atoms with Crippen molar-refractivity contribution < 1.29 is 9.59 Å². The number of pyridine rings is 1.